The first-order valence-corrected chi connectivity index (χ1v) is 7.87. The number of halogens is 1. The number of hydrogen-bond donors (Lipinski definition) is 3. The largest absolute Gasteiger partial charge is 0.337 e. The van der Waals surface area contributed by atoms with E-state index in [-0.39, 0.29) is 0 Å². The summed E-state index contributed by atoms with van der Waals surface area (Å²) in [5.74, 6) is -0.517. The minimum Gasteiger partial charge on any atom is -0.337 e. The van der Waals surface area contributed by atoms with Crippen molar-refractivity contribution < 1.29 is 10.0 Å². The number of nitrogens with zero attached hydrogens (tertiary/aromatic N) is 1. The number of carbonyl (C=O) groups excluding carboxylic acids is 1. The highest BCUT2D eigenvalue weighted by Gasteiger charge is 2.24. The molecule has 3 N–H and O–H groups in total. The highest BCUT2D eigenvalue weighted by molar-refractivity contribution is 6.30. The van der Waals surface area contributed by atoms with E-state index in [2.05, 4.69) is 10.2 Å². The fraction of sp³-hybridized carbons (Fsp3) is 0.235. The molecular formula is C17H18ClN3O2. The molecule has 2 aromatic carbocycles. The Morgan fingerprint density at radius 1 is 1.13 bits per heavy atom. The number of carbonyl (C=O) groups is 1. The predicted octanol–water partition coefficient (Wildman–Crippen LogP) is 2.96. The second kappa shape index (κ2) is 7.00. The molecular weight excluding hydrogens is 314 g/mol. The molecule has 5 nitrogen and oxygen atoms in total. The zero-order chi connectivity index (χ0) is 16.2. The standard InChI is InChI=1S/C17H18ClN3O2/c18-13-3-7-15(8-4-13)21(16-9-10-19-11-16)14-5-1-12(2-6-14)17(22)20-23/h1-8,16,19,23H,9-11H2,(H,20,22). The maximum atomic E-state index is 11.5. The number of hydroxylamine groups is 1. The zero-order valence-electron chi connectivity index (χ0n) is 12.5. The molecule has 0 radical (unpaired) electrons. The van der Waals surface area contributed by atoms with Crippen LogP contribution in [0.25, 0.3) is 0 Å². The van der Waals surface area contributed by atoms with Crippen LogP contribution in [0.2, 0.25) is 5.02 Å². The molecule has 0 spiro atoms. The number of hydrogen-bond acceptors (Lipinski definition) is 4. The normalized spacial score (nSPS) is 17.0. The average molecular weight is 332 g/mol. The van der Waals surface area contributed by atoms with Crippen LogP contribution in [0.15, 0.2) is 48.5 Å². The lowest BCUT2D eigenvalue weighted by atomic mass is 10.1. The van der Waals surface area contributed by atoms with Gasteiger partial charge in [0.05, 0.1) is 0 Å². The Balaban J connectivity index is 1.94. The Morgan fingerprint density at radius 3 is 2.26 bits per heavy atom. The fourth-order valence-corrected chi connectivity index (χ4v) is 3.00. The molecule has 1 heterocycles. The van der Waals surface area contributed by atoms with Crippen LogP contribution in [-0.4, -0.2) is 30.2 Å². The molecule has 23 heavy (non-hydrogen) atoms. The topological polar surface area (TPSA) is 64.6 Å². The van der Waals surface area contributed by atoms with Gasteiger partial charge in [0.2, 0.25) is 0 Å². The van der Waals surface area contributed by atoms with Crippen molar-refractivity contribution in [3.05, 3.63) is 59.1 Å². The lowest BCUT2D eigenvalue weighted by molar-refractivity contribution is 0.0706. The van der Waals surface area contributed by atoms with Crippen LogP contribution in [0.5, 0.6) is 0 Å². The van der Waals surface area contributed by atoms with Gasteiger partial charge in [0.1, 0.15) is 0 Å². The third kappa shape index (κ3) is 3.47. The second-order valence-corrected chi connectivity index (χ2v) is 5.92. The third-order valence-corrected chi connectivity index (χ3v) is 4.27. The summed E-state index contributed by atoms with van der Waals surface area (Å²) in [5.41, 5.74) is 4.11. The van der Waals surface area contributed by atoms with Crippen molar-refractivity contribution in [1.29, 1.82) is 0 Å². The van der Waals surface area contributed by atoms with Gasteiger partial charge < -0.3 is 10.2 Å². The minimum absolute atomic E-state index is 0.341. The van der Waals surface area contributed by atoms with Crippen LogP contribution >= 0.6 is 11.6 Å². The summed E-state index contributed by atoms with van der Waals surface area (Å²) >= 11 is 5.99. The van der Waals surface area contributed by atoms with Crippen molar-refractivity contribution in [2.24, 2.45) is 0 Å². The van der Waals surface area contributed by atoms with Gasteiger partial charge in [-0.1, -0.05) is 11.6 Å². The van der Waals surface area contributed by atoms with E-state index < -0.39 is 5.91 Å². The average Bonchev–Trinajstić information content (AvgIpc) is 3.11. The molecule has 0 bridgehead atoms. The van der Waals surface area contributed by atoms with Crippen molar-refractivity contribution >= 4 is 28.9 Å². The molecule has 1 aliphatic rings. The second-order valence-electron chi connectivity index (χ2n) is 5.48. The summed E-state index contributed by atoms with van der Waals surface area (Å²) in [4.78, 5) is 13.7. The van der Waals surface area contributed by atoms with Crippen LogP contribution in [0.3, 0.4) is 0 Å². The van der Waals surface area contributed by atoms with Gasteiger partial charge in [-0.3, -0.25) is 10.0 Å². The summed E-state index contributed by atoms with van der Waals surface area (Å²) in [6.45, 7) is 1.89. The highest BCUT2D eigenvalue weighted by atomic mass is 35.5. The first-order chi connectivity index (χ1) is 11.2. The first kappa shape index (κ1) is 15.8. The minimum atomic E-state index is -0.517. The van der Waals surface area contributed by atoms with E-state index >= 15 is 0 Å². The SMILES string of the molecule is O=C(NO)c1ccc(N(c2ccc(Cl)cc2)C2CCNC2)cc1. The lowest BCUT2D eigenvalue weighted by Gasteiger charge is -2.31. The van der Waals surface area contributed by atoms with Crippen LogP contribution < -0.4 is 15.7 Å². The fourth-order valence-electron chi connectivity index (χ4n) is 2.87. The van der Waals surface area contributed by atoms with Gasteiger partial charge in [0.15, 0.2) is 0 Å². The quantitative estimate of drug-likeness (QED) is 0.595. The van der Waals surface area contributed by atoms with Crippen molar-refractivity contribution in [1.82, 2.24) is 10.8 Å². The molecule has 3 rings (SSSR count). The van der Waals surface area contributed by atoms with Crippen LogP contribution in [0.1, 0.15) is 16.8 Å². The molecule has 0 aliphatic carbocycles. The monoisotopic (exact) mass is 331 g/mol. The summed E-state index contributed by atoms with van der Waals surface area (Å²) in [6.07, 6.45) is 1.04. The molecule has 1 aliphatic heterocycles. The molecule has 0 aromatic heterocycles. The van der Waals surface area contributed by atoms with E-state index in [0.717, 1.165) is 30.9 Å². The van der Waals surface area contributed by atoms with Gasteiger partial charge in [-0.2, -0.15) is 0 Å². The highest BCUT2D eigenvalue weighted by Crippen LogP contribution is 2.31. The van der Waals surface area contributed by atoms with E-state index in [1.165, 1.54) is 0 Å². The van der Waals surface area contributed by atoms with Crippen LogP contribution in [0, 0.1) is 0 Å². The van der Waals surface area contributed by atoms with Crippen LogP contribution in [0.4, 0.5) is 11.4 Å². The van der Waals surface area contributed by atoms with Gasteiger partial charge in [0.25, 0.3) is 5.91 Å². The molecule has 6 heteroatoms. The number of benzene rings is 2. The molecule has 1 amide bonds. The molecule has 1 saturated heterocycles. The van der Waals surface area contributed by atoms with Crippen molar-refractivity contribution in [3.63, 3.8) is 0 Å². The molecule has 1 unspecified atom stereocenters. The van der Waals surface area contributed by atoms with E-state index in [9.17, 15) is 4.79 Å². The first-order valence-electron chi connectivity index (χ1n) is 7.49. The predicted molar refractivity (Wildman–Crippen MR) is 90.6 cm³/mol. The Morgan fingerprint density at radius 2 is 1.74 bits per heavy atom. The van der Waals surface area contributed by atoms with E-state index in [1.54, 1.807) is 17.6 Å². The maximum Gasteiger partial charge on any atom is 0.274 e. The summed E-state index contributed by atoms with van der Waals surface area (Å²) in [5, 5.41) is 12.8. The number of nitrogens with one attached hydrogen (secondary N) is 2. The Labute approximate surface area is 139 Å². The van der Waals surface area contributed by atoms with E-state index in [4.69, 9.17) is 16.8 Å². The third-order valence-electron chi connectivity index (χ3n) is 4.01. The van der Waals surface area contributed by atoms with Gasteiger partial charge in [-0.05, 0) is 61.5 Å². The van der Waals surface area contributed by atoms with E-state index in [0.29, 0.717) is 16.6 Å². The van der Waals surface area contributed by atoms with E-state index in [1.807, 2.05) is 36.4 Å². The Hall–Kier alpha value is -2.08. The molecule has 1 fully saturated rings. The summed E-state index contributed by atoms with van der Waals surface area (Å²) in [7, 11) is 0. The van der Waals surface area contributed by atoms with Gasteiger partial charge in [0, 0.05) is 34.5 Å². The van der Waals surface area contributed by atoms with Gasteiger partial charge in [-0.25, -0.2) is 5.48 Å². The Kier molecular flexibility index (Phi) is 4.81. The Bertz CT molecular complexity index is 667. The number of amides is 1. The van der Waals surface area contributed by atoms with Crippen molar-refractivity contribution in [2.75, 3.05) is 18.0 Å². The molecule has 1 atom stereocenters. The number of rotatable bonds is 4. The van der Waals surface area contributed by atoms with Crippen LogP contribution in [-0.2, 0) is 0 Å². The lowest BCUT2D eigenvalue weighted by Crippen LogP contribution is -2.33. The maximum absolute atomic E-state index is 11.5. The smallest absolute Gasteiger partial charge is 0.274 e. The molecule has 0 saturated carbocycles. The summed E-state index contributed by atoms with van der Waals surface area (Å²) in [6, 6.07) is 15.3. The van der Waals surface area contributed by atoms with Crippen molar-refractivity contribution in [3.8, 4) is 0 Å². The number of anilines is 2. The molecule has 120 valence electrons. The molecule has 2 aromatic rings. The summed E-state index contributed by atoms with van der Waals surface area (Å²) < 4.78 is 0. The van der Waals surface area contributed by atoms with Gasteiger partial charge in [-0.15, -0.1) is 0 Å². The van der Waals surface area contributed by atoms with Crippen molar-refractivity contribution in [2.45, 2.75) is 12.5 Å². The zero-order valence-corrected chi connectivity index (χ0v) is 13.3. The van der Waals surface area contributed by atoms with Gasteiger partial charge >= 0.3 is 0 Å².